The molecular formula is C13H15ClN2O. The maximum absolute atomic E-state index is 6.06. The molecule has 3 aliphatic rings. The van der Waals surface area contributed by atoms with Gasteiger partial charge in [-0.05, 0) is 38.2 Å². The molecule has 0 spiro atoms. The molecule has 1 saturated carbocycles. The first kappa shape index (κ1) is 10.9. The lowest BCUT2D eigenvalue weighted by Crippen LogP contribution is -2.20. The molecule has 3 rings (SSSR count). The molecule has 0 radical (unpaired) electrons. The van der Waals surface area contributed by atoms with Gasteiger partial charge in [0.1, 0.15) is 12.1 Å². The summed E-state index contributed by atoms with van der Waals surface area (Å²) in [6.07, 6.45) is 13.8. The summed E-state index contributed by atoms with van der Waals surface area (Å²) in [6, 6.07) is 0. The minimum absolute atomic E-state index is 0.371. The van der Waals surface area contributed by atoms with Gasteiger partial charge < -0.3 is 4.74 Å². The van der Waals surface area contributed by atoms with E-state index in [-0.39, 0.29) is 0 Å². The third-order valence-electron chi connectivity index (χ3n) is 3.35. The van der Waals surface area contributed by atoms with E-state index in [1.165, 1.54) is 17.3 Å². The van der Waals surface area contributed by atoms with Gasteiger partial charge >= 0.3 is 0 Å². The molecule has 17 heavy (non-hydrogen) atoms. The quantitative estimate of drug-likeness (QED) is 0.701. The van der Waals surface area contributed by atoms with Gasteiger partial charge in [0.2, 0.25) is 0 Å². The number of hydrogen-bond donors (Lipinski definition) is 0. The van der Waals surface area contributed by atoms with Gasteiger partial charge in [0.05, 0.1) is 17.4 Å². The second kappa shape index (κ2) is 4.57. The average molecular weight is 251 g/mol. The Labute approximate surface area is 106 Å². The molecule has 0 saturated heterocycles. The predicted octanol–water partition coefficient (Wildman–Crippen LogP) is 3.50. The summed E-state index contributed by atoms with van der Waals surface area (Å²) < 4.78 is 7.59. The summed E-state index contributed by atoms with van der Waals surface area (Å²) in [5.74, 6) is 0.942. The van der Waals surface area contributed by atoms with E-state index in [2.05, 4.69) is 17.1 Å². The van der Waals surface area contributed by atoms with Crippen molar-refractivity contribution >= 4 is 18.1 Å². The van der Waals surface area contributed by atoms with Gasteiger partial charge in [-0.25, -0.2) is 9.41 Å². The minimum Gasteiger partial charge on any atom is -0.490 e. The Bertz CT molecular complexity index is 431. The van der Waals surface area contributed by atoms with Crippen molar-refractivity contribution in [2.24, 2.45) is 4.99 Å². The lowest BCUT2D eigenvalue weighted by atomic mass is 10.0. The first-order valence-corrected chi connectivity index (χ1v) is 6.44. The molecule has 0 amide bonds. The Balaban J connectivity index is 1.79. The number of hydrogen-bond acceptors (Lipinski definition) is 3. The highest BCUT2D eigenvalue weighted by Crippen LogP contribution is 2.34. The van der Waals surface area contributed by atoms with Crippen molar-refractivity contribution < 1.29 is 4.74 Å². The van der Waals surface area contributed by atoms with Crippen molar-refractivity contribution in [1.29, 1.82) is 0 Å². The molecule has 1 heterocycles. The van der Waals surface area contributed by atoms with E-state index in [0.29, 0.717) is 6.10 Å². The molecule has 1 fully saturated rings. The molecule has 3 nitrogen and oxygen atoms in total. The number of halogens is 1. The maximum atomic E-state index is 6.06. The van der Waals surface area contributed by atoms with E-state index >= 15 is 0 Å². The Morgan fingerprint density at radius 2 is 2.12 bits per heavy atom. The first-order valence-electron chi connectivity index (χ1n) is 6.11. The van der Waals surface area contributed by atoms with Crippen LogP contribution in [0.4, 0.5) is 0 Å². The van der Waals surface area contributed by atoms with Gasteiger partial charge in [0.25, 0.3) is 0 Å². The molecule has 0 aromatic heterocycles. The second-order valence-electron chi connectivity index (χ2n) is 4.54. The van der Waals surface area contributed by atoms with E-state index < -0.39 is 0 Å². The second-order valence-corrected chi connectivity index (χ2v) is 4.90. The van der Waals surface area contributed by atoms with E-state index in [1.54, 1.807) is 6.34 Å². The summed E-state index contributed by atoms with van der Waals surface area (Å²) in [6.45, 7) is 0. The summed E-state index contributed by atoms with van der Waals surface area (Å²) in [7, 11) is 0. The third-order valence-corrected chi connectivity index (χ3v) is 3.62. The van der Waals surface area contributed by atoms with Gasteiger partial charge in [-0.1, -0.05) is 6.08 Å². The molecular weight excluding hydrogens is 236 g/mol. The third kappa shape index (κ3) is 2.12. The van der Waals surface area contributed by atoms with Gasteiger partial charge in [-0.15, -0.1) is 0 Å². The number of allylic oxidation sites excluding steroid dienone is 2. The van der Waals surface area contributed by atoms with Crippen LogP contribution in [0.15, 0.2) is 40.4 Å². The smallest absolute Gasteiger partial charge is 0.126 e. The molecule has 0 unspecified atom stereocenters. The SMILES string of the molecule is ClN1C=NC=C2C(OC3CCCC3)=CCC=C21. The van der Waals surface area contributed by atoms with E-state index in [4.69, 9.17) is 16.5 Å². The van der Waals surface area contributed by atoms with E-state index in [1.807, 2.05) is 6.20 Å². The van der Waals surface area contributed by atoms with Crippen LogP contribution in [0.5, 0.6) is 0 Å². The maximum Gasteiger partial charge on any atom is 0.126 e. The van der Waals surface area contributed by atoms with Crippen LogP contribution in [0.3, 0.4) is 0 Å². The van der Waals surface area contributed by atoms with Gasteiger partial charge in [-0.2, -0.15) is 0 Å². The monoisotopic (exact) mass is 250 g/mol. The Morgan fingerprint density at radius 3 is 2.94 bits per heavy atom. The predicted molar refractivity (Wildman–Crippen MR) is 68.4 cm³/mol. The molecule has 0 N–H and O–H groups in total. The van der Waals surface area contributed by atoms with Gasteiger partial charge in [-0.3, -0.25) is 0 Å². The van der Waals surface area contributed by atoms with Crippen LogP contribution in [0.1, 0.15) is 32.1 Å². The molecule has 0 bridgehead atoms. The molecule has 0 aromatic carbocycles. The van der Waals surface area contributed by atoms with Gasteiger partial charge in [0.15, 0.2) is 0 Å². The normalized spacial score (nSPS) is 24.1. The highest BCUT2D eigenvalue weighted by molar-refractivity contribution is 6.20. The fraction of sp³-hybridized carbons (Fsp3) is 0.462. The van der Waals surface area contributed by atoms with Crippen molar-refractivity contribution in [2.45, 2.75) is 38.2 Å². The van der Waals surface area contributed by atoms with Crippen LogP contribution in [0.25, 0.3) is 0 Å². The lowest BCUT2D eigenvalue weighted by Gasteiger charge is -2.26. The number of nitrogens with zero attached hydrogens (tertiary/aromatic N) is 2. The zero-order valence-electron chi connectivity index (χ0n) is 9.60. The van der Waals surface area contributed by atoms with Crippen LogP contribution in [-0.4, -0.2) is 16.9 Å². The minimum atomic E-state index is 0.371. The fourth-order valence-corrected chi connectivity index (χ4v) is 2.69. The Morgan fingerprint density at radius 1 is 1.29 bits per heavy atom. The molecule has 2 aliphatic carbocycles. The lowest BCUT2D eigenvalue weighted by molar-refractivity contribution is 0.127. The summed E-state index contributed by atoms with van der Waals surface area (Å²) in [4.78, 5) is 4.11. The molecule has 4 heteroatoms. The molecule has 90 valence electrons. The average Bonchev–Trinajstić information content (AvgIpc) is 2.83. The van der Waals surface area contributed by atoms with Crippen molar-refractivity contribution in [3.05, 3.63) is 35.4 Å². The van der Waals surface area contributed by atoms with E-state index in [0.717, 1.165) is 36.3 Å². The van der Waals surface area contributed by atoms with Crippen molar-refractivity contribution in [1.82, 2.24) is 4.42 Å². The van der Waals surface area contributed by atoms with Crippen molar-refractivity contribution in [3.63, 3.8) is 0 Å². The van der Waals surface area contributed by atoms with Crippen LogP contribution in [-0.2, 0) is 4.74 Å². The number of aliphatic imine (C=N–C) groups is 1. The summed E-state index contributed by atoms with van der Waals surface area (Å²) >= 11 is 6.06. The number of rotatable bonds is 2. The largest absolute Gasteiger partial charge is 0.490 e. The van der Waals surface area contributed by atoms with Crippen LogP contribution in [0.2, 0.25) is 0 Å². The highest BCUT2D eigenvalue weighted by atomic mass is 35.5. The molecule has 0 aromatic rings. The van der Waals surface area contributed by atoms with Crippen LogP contribution < -0.4 is 0 Å². The Kier molecular flexibility index (Phi) is 2.93. The Hall–Kier alpha value is -1.22. The summed E-state index contributed by atoms with van der Waals surface area (Å²) in [5.41, 5.74) is 1.98. The first-order chi connectivity index (χ1) is 8.34. The van der Waals surface area contributed by atoms with E-state index in [9.17, 15) is 0 Å². The van der Waals surface area contributed by atoms with Gasteiger partial charge in [0, 0.05) is 18.0 Å². The molecule has 0 atom stereocenters. The standard InChI is InChI=1S/C13H15ClN2O/c14-16-9-15-8-11-12(16)6-3-7-13(11)17-10-4-1-2-5-10/h6-10H,1-5H2. The topological polar surface area (TPSA) is 24.8 Å². The fourth-order valence-electron chi connectivity index (χ4n) is 2.48. The van der Waals surface area contributed by atoms with Crippen LogP contribution in [0, 0.1) is 0 Å². The number of ether oxygens (including phenoxy) is 1. The van der Waals surface area contributed by atoms with Crippen molar-refractivity contribution in [2.75, 3.05) is 0 Å². The molecule has 1 aliphatic heterocycles. The highest BCUT2D eigenvalue weighted by Gasteiger charge is 2.25. The zero-order chi connectivity index (χ0) is 11.7. The zero-order valence-corrected chi connectivity index (χ0v) is 10.4. The van der Waals surface area contributed by atoms with Crippen LogP contribution >= 0.6 is 11.8 Å². The van der Waals surface area contributed by atoms with Crippen molar-refractivity contribution in [3.8, 4) is 0 Å². The number of fused-ring (bicyclic) bond motifs is 1. The summed E-state index contributed by atoms with van der Waals surface area (Å²) in [5, 5.41) is 0.